The minimum Gasteiger partial charge on any atom is -0.396 e. The van der Waals surface area contributed by atoms with Crippen LogP contribution in [0.15, 0.2) is 18.3 Å². The lowest BCUT2D eigenvalue weighted by molar-refractivity contribution is -0.116. The number of aromatic nitrogens is 1. The van der Waals surface area contributed by atoms with E-state index in [2.05, 4.69) is 15.2 Å². The standard InChI is InChI=1S/C14H21N3O2/c18-10-4-1-5-14(19)16-12-6-7-13(15-11-12)17-8-2-3-9-17/h6-7,11,18H,1-5,8-10H2,(H,16,19). The molecule has 5 nitrogen and oxygen atoms in total. The third-order valence-corrected chi connectivity index (χ3v) is 3.27. The molecule has 1 fully saturated rings. The smallest absolute Gasteiger partial charge is 0.224 e. The number of hydrogen-bond acceptors (Lipinski definition) is 4. The average molecular weight is 263 g/mol. The number of aliphatic hydroxyl groups is 1. The Kier molecular flexibility index (Phi) is 5.15. The summed E-state index contributed by atoms with van der Waals surface area (Å²) < 4.78 is 0. The third-order valence-electron chi connectivity index (χ3n) is 3.27. The molecule has 0 unspecified atom stereocenters. The molecule has 19 heavy (non-hydrogen) atoms. The van der Waals surface area contributed by atoms with Crippen LogP contribution >= 0.6 is 0 Å². The maximum atomic E-state index is 11.6. The molecule has 2 rings (SSSR count). The Morgan fingerprint density at radius 3 is 2.74 bits per heavy atom. The molecule has 0 aromatic carbocycles. The second-order valence-corrected chi connectivity index (χ2v) is 4.83. The lowest BCUT2D eigenvalue weighted by Gasteiger charge is -2.16. The second kappa shape index (κ2) is 7.09. The van der Waals surface area contributed by atoms with Crippen molar-refractivity contribution in [2.24, 2.45) is 0 Å². The van der Waals surface area contributed by atoms with Gasteiger partial charge in [-0.2, -0.15) is 0 Å². The van der Waals surface area contributed by atoms with Crippen molar-refractivity contribution in [2.45, 2.75) is 32.1 Å². The number of unbranched alkanes of at least 4 members (excludes halogenated alkanes) is 1. The lowest BCUT2D eigenvalue weighted by atomic mass is 10.2. The van der Waals surface area contributed by atoms with Crippen molar-refractivity contribution >= 4 is 17.4 Å². The van der Waals surface area contributed by atoms with Crippen LogP contribution in [0, 0.1) is 0 Å². The molecule has 1 aliphatic heterocycles. The van der Waals surface area contributed by atoms with Crippen LogP contribution < -0.4 is 10.2 Å². The molecule has 2 N–H and O–H groups in total. The number of carbonyl (C=O) groups is 1. The topological polar surface area (TPSA) is 65.5 Å². The minimum atomic E-state index is -0.0239. The van der Waals surface area contributed by atoms with Gasteiger partial charge in [-0.15, -0.1) is 0 Å². The molecule has 104 valence electrons. The van der Waals surface area contributed by atoms with Crippen molar-refractivity contribution in [1.29, 1.82) is 0 Å². The quantitative estimate of drug-likeness (QED) is 0.768. The van der Waals surface area contributed by atoms with Crippen molar-refractivity contribution in [3.63, 3.8) is 0 Å². The number of aliphatic hydroxyl groups excluding tert-OH is 1. The molecule has 0 saturated carbocycles. The van der Waals surface area contributed by atoms with Crippen LogP contribution in [0.3, 0.4) is 0 Å². The largest absolute Gasteiger partial charge is 0.396 e. The van der Waals surface area contributed by atoms with Gasteiger partial charge in [0, 0.05) is 26.1 Å². The first kappa shape index (κ1) is 13.8. The number of pyridine rings is 1. The Hall–Kier alpha value is -1.62. The van der Waals surface area contributed by atoms with Crippen LogP contribution in [0.4, 0.5) is 11.5 Å². The Morgan fingerprint density at radius 2 is 2.11 bits per heavy atom. The number of amides is 1. The molecule has 0 radical (unpaired) electrons. The molecular weight excluding hydrogens is 242 g/mol. The average Bonchev–Trinajstić information content (AvgIpc) is 2.94. The van der Waals surface area contributed by atoms with E-state index in [0.717, 1.165) is 24.6 Å². The molecule has 0 bridgehead atoms. The van der Waals surface area contributed by atoms with Crippen molar-refractivity contribution in [3.05, 3.63) is 18.3 Å². The van der Waals surface area contributed by atoms with Gasteiger partial charge >= 0.3 is 0 Å². The molecule has 0 spiro atoms. The van der Waals surface area contributed by atoms with E-state index in [0.29, 0.717) is 19.3 Å². The highest BCUT2D eigenvalue weighted by atomic mass is 16.3. The SMILES string of the molecule is O=C(CCCCO)Nc1ccc(N2CCCC2)nc1. The zero-order chi connectivity index (χ0) is 13.5. The predicted molar refractivity (Wildman–Crippen MR) is 75.3 cm³/mol. The number of anilines is 2. The Bertz CT molecular complexity index is 400. The summed E-state index contributed by atoms with van der Waals surface area (Å²) in [6.45, 7) is 2.28. The van der Waals surface area contributed by atoms with Gasteiger partial charge in [-0.3, -0.25) is 4.79 Å². The molecule has 5 heteroatoms. The Labute approximate surface area is 113 Å². The normalized spacial score (nSPS) is 14.7. The number of hydrogen-bond donors (Lipinski definition) is 2. The molecule has 1 aromatic heterocycles. The summed E-state index contributed by atoms with van der Waals surface area (Å²) >= 11 is 0. The number of nitrogens with zero attached hydrogens (tertiary/aromatic N) is 2. The van der Waals surface area contributed by atoms with Crippen LogP contribution in [-0.2, 0) is 4.79 Å². The van der Waals surface area contributed by atoms with Gasteiger partial charge in [0.25, 0.3) is 0 Å². The number of carbonyl (C=O) groups excluding carboxylic acids is 1. The molecule has 1 amide bonds. The van der Waals surface area contributed by atoms with E-state index < -0.39 is 0 Å². The van der Waals surface area contributed by atoms with Crippen molar-refractivity contribution in [3.8, 4) is 0 Å². The Morgan fingerprint density at radius 1 is 1.32 bits per heavy atom. The number of nitrogens with one attached hydrogen (secondary N) is 1. The van der Waals surface area contributed by atoms with E-state index in [4.69, 9.17) is 5.11 Å². The van der Waals surface area contributed by atoms with E-state index in [-0.39, 0.29) is 12.5 Å². The highest BCUT2D eigenvalue weighted by Gasteiger charge is 2.13. The monoisotopic (exact) mass is 263 g/mol. The molecule has 1 aliphatic rings. The van der Waals surface area contributed by atoms with E-state index in [1.54, 1.807) is 6.20 Å². The van der Waals surface area contributed by atoms with Gasteiger partial charge in [0.15, 0.2) is 0 Å². The van der Waals surface area contributed by atoms with Crippen LogP contribution in [0.25, 0.3) is 0 Å². The van der Waals surface area contributed by atoms with E-state index in [1.165, 1.54) is 12.8 Å². The maximum Gasteiger partial charge on any atom is 0.224 e. The summed E-state index contributed by atoms with van der Waals surface area (Å²) in [5.41, 5.74) is 0.733. The highest BCUT2D eigenvalue weighted by molar-refractivity contribution is 5.90. The minimum absolute atomic E-state index is 0.0239. The van der Waals surface area contributed by atoms with E-state index in [9.17, 15) is 4.79 Å². The van der Waals surface area contributed by atoms with Gasteiger partial charge < -0.3 is 15.3 Å². The van der Waals surface area contributed by atoms with Crippen LogP contribution in [0.1, 0.15) is 32.1 Å². The fourth-order valence-corrected chi connectivity index (χ4v) is 2.21. The van der Waals surface area contributed by atoms with Crippen LogP contribution in [0.2, 0.25) is 0 Å². The molecule has 0 aliphatic carbocycles. The number of rotatable bonds is 6. The van der Waals surface area contributed by atoms with Gasteiger partial charge in [-0.1, -0.05) is 0 Å². The van der Waals surface area contributed by atoms with Crippen molar-refractivity contribution < 1.29 is 9.90 Å². The van der Waals surface area contributed by atoms with Gasteiger partial charge in [0.2, 0.25) is 5.91 Å². The predicted octanol–water partition coefficient (Wildman–Crippen LogP) is 1.78. The molecule has 1 aromatic rings. The summed E-state index contributed by atoms with van der Waals surface area (Å²) in [4.78, 5) is 18.2. The summed E-state index contributed by atoms with van der Waals surface area (Å²) in [5.74, 6) is 0.958. The summed E-state index contributed by atoms with van der Waals surface area (Å²) in [6, 6.07) is 3.85. The Balaban J connectivity index is 1.82. The first-order valence-corrected chi connectivity index (χ1v) is 6.91. The van der Waals surface area contributed by atoms with Crippen molar-refractivity contribution in [2.75, 3.05) is 29.9 Å². The summed E-state index contributed by atoms with van der Waals surface area (Å²) in [5, 5.41) is 11.5. The van der Waals surface area contributed by atoms with E-state index >= 15 is 0 Å². The van der Waals surface area contributed by atoms with Gasteiger partial charge in [0.1, 0.15) is 5.82 Å². The summed E-state index contributed by atoms with van der Waals surface area (Å²) in [6.07, 6.45) is 5.98. The zero-order valence-corrected chi connectivity index (χ0v) is 11.1. The zero-order valence-electron chi connectivity index (χ0n) is 11.1. The van der Waals surface area contributed by atoms with Gasteiger partial charge in [-0.25, -0.2) is 4.98 Å². The van der Waals surface area contributed by atoms with Gasteiger partial charge in [-0.05, 0) is 37.8 Å². The first-order valence-electron chi connectivity index (χ1n) is 6.91. The third kappa shape index (κ3) is 4.21. The fourth-order valence-electron chi connectivity index (χ4n) is 2.21. The fraction of sp³-hybridized carbons (Fsp3) is 0.571. The van der Waals surface area contributed by atoms with Crippen molar-refractivity contribution in [1.82, 2.24) is 4.98 Å². The van der Waals surface area contributed by atoms with Crippen LogP contribution in [0.5, 0.6) is 0 Å². The maximum absolute atomic E-state index is 11.6. The van der Waals surface area contributed by atoms with Crippen LogP contribution in [-0.4, -0.2) is 35.7 Å². The van der Waals surface area contributed by atoms with Gasteiger partial charge in [0.05, 0.1) is 11.9 Å². The molecule has 0 atom stereocenters. The highest BCUT2D eigenvalue weighted by Crippen LogP contribution is 2.19. The second-order valence-electron chi connectivity index (χ2n) is 4.83. The lowest BCUT2D eigenvalue weighted by Crippen LogP contribution is -2.19. The molecular formula is C14H21N3O2. The molecule has 2 heterocycles. The first-order chi connectivity index (χ1) is 9.29. The van der Waals surface area contributed by atoms with E-state index in [1.807, 2.05) is 12.1 Å². The molecule has 1 saturated heterocycles. The summed E-state index contributed by atoms with van der Waals surface area (Å²) in [7, 11) is 0.